The van der Waals surface area contributed by atoms with Crippen molar-refractivity contribution in [3.05, 3.63) is 30.1 Å². The van der Waals surface area contributed by atoms with Gasteiger partial charge in [-0.1, -0.05) is 11.8 Å². The number of anilines is 1. The number of aromatic amines is 1. The predicted octanol–water partition coefficient (Wildman–Crippen LogP) is 1.24. The van der Waals surface area contributed by atoms with Crippen LogP contribution in [-0.2, 0) is 0 Å². The summed E-state index contributed by atoms with van der Waals surface area (Å²) >= 11 is 1.29. The normalized spacial score (nSPS) is 10.2. The Morgan fingerprint density at radius 3 is 2.94 bits per heavy atom. The molecule has 2 aromatic rings. The minimum absolute atomic E-state index is 0.0875. The summed E-state index contributed by atoms with van der Waals surface area (Å²) in [6.45, 7) is 0. The lowest BCUT2D eigenvalue weighted by Gasteiger charge is -2.03. The molecular weight excluding hydrogens is 228 g/mol. The quantitative estimate of drug-likeness (QED) is 0.692. The van der Waals surface area contributed by atoms with E-state index in [4.69, 9.17) is 10.8 Å². The van der Waals surface area contributed by atoms with Gasteiger partial charge in [-0.05, 0) is 18.2 Å². The Balaban J connectivity index is 2.29. The third-order valence-electron chi connectivity index (χ3n) is 1.86. The second-order valence-electron chi connectivity index (χ2n) is 2.95. The van der Waals surface area contributed by atoms with E-state index in [-0.39, 0.29) is 11.3 Å². The number of hydrogen-bond acceptors (Lipinski definition) is 5. The fourth-order valence-corrected chi connectivity index (χ4v) is 1.87. The van der Waals surface area contributed by atoms with Crippen LogP contribution in [0.25, 0.3) is 0 Å². The molecule has 0 aliphatic carbocycles. The van der Waals surface area contributed by atoms with Gasteiger partial charge in [-0.15, -0.1) is 0 Å². The van der Waals surface area contributed by atoms with Crippen molar-refractivity contribution in [3.63, 3.8) is 0 Å². The number of nitrogens with one attached hydrogen (secondary N) is 1. The standard InChI is InChI=1S/C9H8N4O2S/c10-7-2-1-5(3-6(7)8(14)15)16-9-11-4-12-13-9/h1-4H,10H2,(H,14,15)(H,11,12,13). The predicted molar refractivity (Wildman–Crippen MR) is 58.3 cm³/mol. The Kier molecular flexibility index (Phi) is 2.78. The summed E-state index contributed by atoms with van der Waals surface area (Å²) < 4.78 is 0. The van der Waals surface area contributed by atoms with Crippen LogP contribution in [-0.4, -0.2) is 26.3 Å². The van der Waals surface area contributed by atoms with Crippen molar-refractivity contribution in [2.45, 2.75) is 10.1 Å². The maximum Gasteiger partial charge on any atom is 0.337 e. The summed E-state index contributed by atoms with van der Waals surface area (Å²) in [5, 5.41) is 15.9. The lowest BCUT2D eigenvalue weighted by Crippen LogP contribution is -2.02. The van der Waals surface area contributed by atoms with Gasteiger partial charge in [0, 0.05) is 10.6 Å². The van der Waals surface area contributed by atoms with Crippen molar-refractivity contribution < 1.29 is 9.90 Å². The van der Waals surface area contributed by atoms with E-state index in [0.717, 1.165) is 4.90 Å². The van der Waals surface area contributed by atoms with Crippen molar-refractivity contribution in [1.29, 1.82) is 0 Å². The molecule has 82 valence electrons. The van der Waals surface area contributed by atoms with Gasteiger partial charge in [-0.2, -0.15) is 5.10 Å². The van der Waals surface area contributed by atoms with E-state index in [9.17, 15) is 4.79 Å². The molecule has 0 radical (unpaired) electrons. The number of carbonyl (C=O) groups is 1. The zero-order chi connectivity index (χ0) is 11.5. The number of carboxylic acids is 1. The molecule has 0 fully saturated rings. The number of aromatic carboxylic acids is 1. The topological polar surface area (TPSA) is 105 Å². The summed E-state index contributed by atoms with van der Waals surface area (Å²) in [6.07, 6.45) is 1.39. The molecular formula is C9H8N4O2S. The van der Waals surface area contributed by atoms with Crippen LogP contribution in [0.2, 0.25) is 0 Å². The molecule has 0 spiro atoms. The molecule has 0 saturated carbocycles. The van der Waals surface area contributed by atoms with E-state index in [2.05, 4.69) is 15.2 Å². The number of aromatic nitrogens is 3. The number of carboxylic acid groups (broad SMARTS) is 1. The molecule has 1 heterocycles. The minimum atomic E-state index is -1.04. The molecule has 0 bridgehead atoms. The molecule has 1 aromatic heterocycles. The second kappa shape index (κ2) is 4.23. The van der Waals surface area contributed by atoms with Crippen LogP contribution in [0.3, 0.4) is 0 Å². The van der Waals surface area contributed by atoms with Gasteiger partial charge in [0.25, 0.3) is 0 Å². The molecule has 0 aliphatic heterocycles. The average Bonchev–Trinajstić information content (AvgIpc) is 2.73. The van der Waals surface area contributed by atoms with Gasteiger partial charge in [0.05, 0.1) is 5.56 Å². The highest BCUT2D eigenvalue weighted by Crippen LogP contribution is 2.26. The van der Waals surface area contributed by atoms with Crippen LogP contribution in [0.4, 0.5) is 5.69 Å². The van der Waals surface area contributed by atoms with Crippen LogP contribution < -0.4 is 5.73 Å². The third-order valence-corrected chi connectivity index (χ3v) is 2.74. The fourth-order valence-electron chi connectivity index (χ4n) is 1.14. The van der Waals surface area contributed by atoms with Gasteiger partial charge in [0.2, 0.25) is 0 Å². The number of nitrogens with zero attached hydrogens (tertiary/aromatic N) is 2. The molecule has 0 amide bonds. The van der Waals surface area contributed by atoms with Gasteiger partial charge in [-0.25, -0.2) is 9.78 Å². The van der Waals surface area contributed by atoms with Crippen molar-refractivity contribution in [3.8, 4) is 0 Å². The van der Waals surface area contributed by atoms with E-state index in [1.165, 1.54) is 24.2 Å². The van der Waals surface area contributed by atoms with Crippen molar-refractivity contribution in [2.75, 3.05) is 5.73 Å². The van der Waals surface area contributed by atoms with Crippen LogP contribution in [0, 0.1) is 0 Å². The molecule has 0 saturated heterocycles. The largest absolute Gasteiger partial charge is 0.478 e. The zero-order valence-corrected chi connectivity index (χ0v) is 8.86. The highest BCUT2D eigenvalue weighted by atomic mass is 32.2. The number of rotatable bonds is 3. The first-order valence-corrected chi connectivity index (χ1v) is 5.14. The van der Waals surface area contributed by atoms with Crippen LogP contribution >= 0.6 is 11.8 Å². The number of benzene rings is 1. The van der Waals surface area contributed by atoms with Crippen molar-refractivity contribution in [2.24, 2.45) is 0 Å². The van der Waals surface area contributed by atoms with Gasteiger partial charge in [0.1, 0.15) is 6.33 Å². The number of H-pyrrole nitrogens is 1. The minimum Gasteiger partial charge on any atom is -0.478 e. The molecule has 16 heavy (non-hydrogen) atoms. The lowest BCUT2D eigenvalue weighted by atomic mass is 10.2. The summed E-state index contributed by atoms with van der Waals surface area (Å²) in [5.74, 6) is -1.04. The smallest absolute Gasteiger partial charge is 0.337 e. The number of nitrogens with two attached hydrogens (primary N) is 1. The molecule has 1 aromatic carbocycles. The third kappa shape index (κ3) is 2.14. The van der Waals surface area contributed by atoms with E-state index >= 15 is 0 Å². The maximum atomic E-state index is 10.9. The van der Waals surface area contributed by atoms with Crippen LogP contribution in [0.5, 0.6) is 0 Å². The fraction of sp³-hybridized carbons (Fsp3) is 0. The number of hydrogen-bond donors (Lipinski definition) is 3. The van der Waals surface area contributed by atoms with Crippen molar-refractivity contribution >= 4 is 23.4 Å². The molecule has 0 atom stereocenters. The lowest BCUT2D eigenvalue weighted by molar-refractivity contribution is 0.0698. The molecule has 6 nitrogen and oxygen atoms in total. The molecule has 4 N–H and O–H groups in total. The zero-order valence-electron chi connectivity index (χ0n) is 8.04. The Bertz CT molecular complexity index is 512. The summed E-state index contributed by atoms with van der Waals surface area (Å²) in [4.78, 5) is 15.5. The first kappa shape index (κ1) is 10.5. The maximum absolute atomic E-state index is 10.9. The average molecular weight is 236 g/mol. The van der Waals surface area contributed by atoms with Crippen LogP contribution in [0.1, 0.15) is 10.4 Å². The van der Waals surface area contributed by atoms with E-state index in [1.807, 2.05) is 0 Å². The Hall–Kier alpha value is -2.02. The van der Waals surface area contributed by atoms with E-state index in [0.29, 0.717) is 5.16 Å². The van der Waals surface area contributed by atoms with Crippen LogP contribution in [0.15, 0.2) is 34.6 Å². The highest BCUT2D eigenvalue weighted by Gasteiger charge is 2.09. The summed E-state index contributed by atoms with van der Waals surface area (Å²) in [5.41, 5.74) is 5.87. The first-order valence-electron chi connectivity index (χ1n) is 4.33. The monoisotopic (exact) mass is 236 g/mol. The van der Waals surface area contributed by atoms with Gasteiger partial charge in [0.15, 0.2) is 5.16 Å². The van der Waals surface area contributed by atoms with Gasteiger partial charge in [-0.3, -0.25) is 5.10 Å². The summed E-state index contributed by atoms with van der Waals surface area (Å²) in [6, 6.07) is 4.79. The first-order chi connectivity index (χ1) is 7.66. The van der Waals surface area contributed by atoms with Gasteiger partial charge >= 0.3 is 5.97 Å². The molecule has 0 unspecified atom stereocenters. The highest BCUT2D eigenvalue weighted by molar-refractivity contribution is 7.99. The Morgan fingerprint density at radius 2 is 2.31 bits per heavy atom. The second-order valence-corrected chi connectivity index (χ2v) is 4.01. The van der Waals surface area contributed by atoms with Gasteiger partial charge < -0.3 is 10.8 Å². The van der Waals surface area contributed by atoms with Crippen molar-refractivity contribution in [1.82, 2.24) is 15.2 Å². The van der Waals surface area contributed by atoms with E-state index in [1.54, 1.807) is 12.1 Å². The van der Waals surface area contributed by atoms with E-state index < -0.39 is 5.97 Å². The molecule has 2 rings (SSSR count). The molecule has 0 aliphatic rings. The molecule has 7 heteroatoms. The SMILES string of the molecule is Nc1ccc(Sc2ncn[nH]2)cc1C(=O)O. The Labute approximate surface area is 94.9 Å². The Morgan fingerprint density at radius 1 is 1.50 bits per heavy atom. The number of nitrogen functional groups attached to an aromatic ring is 1. The summed E-state index contributed by atoms with van der Waals surface area (Å²) in [7, 11) is 0.